The van der Waals surface area contributed by atoms with Crippen molar-refractivity contribution in [1.82, 2.24) is 25.4 Å². The Hall–Kier alpha value is -2.54. The molecule has 2 aliphatic heterocycles. The molecule has 2 N–H and O–H groups in total. The van der Waals surface area contributed by atoms with Gasteiger partial charge in [0.2, 0.25) is 5.91 Å². The van der Waals surface area contributed by atoms with Crippen LogP contribution in [0.5, 0.6) is 5.75 Å². The Kier molecular flexibility index (Phi) is 6.41. The van der Waals surface area contributed by atoms with Gasteiger partial charge >= 0.3 is 0 Å². The van der Waals surface area contributed by atoms with Gasteiger partial charge in [-0.3, -0.25) is 4.79 Å². The summed E-state index contributed by atoms with van der Waals surface area (Å²) in [5, 5.41) is 9.63. The van der Waals surface area contributed by atoms with Crippen molar-refractivity contribution in [3.05, 3.63) is 35.8 Å². The molecule has 2 aromatic rings. The molecule has 1 saturated heterocycles. The van der Waals surface area contributed by atoms with Gasteiger partial charge in [0.15, 0.2) is 0 Å². The maximum Gasteiger partial charge on any atom is 0.220 e. The summed E-state index contributed by atoms with van der Waals surface area (Å²) in [7, 11) is 0. The molecule has 0 aromatic carbocycles. The smallest absolute Gasteiger partial charge is 0.220 e. The van der Waals surface area contributed by atoms with Gasteiger partial charge in [-0.1, -0.05) is 13.8 Å². The van der Waals surface area contributed by atoms with E-state index in [0.717, 1.165) is 29.1 Å². The van der Waals surface area contributed by atoms with Crippen LogP contribution < -0.4 is 15.5 Å². The molecule has 7 heteroatoms. The first-order valence-electron chi connectivity index (χ1n) is 10.9. The highest BCUT2D eigenvalue weighted by Crippen LogP contribution is 2.31. The number of carbonyl (C=O) groups is 1. The zero-order chi connectivity index (χ0) is 22.1. The summed E-state index contributed by atoms with van der Waals surface area (Å²) < 4.78 is 8.25. The van der Waals surface area contributed by atoms with Gasteiger partial charge in [0.05, 0.1) is 5.69 Å². The second kappa shape index (κ2) is 8.68. The number of aryl methyl sites for hydroxylation is 1. The Morgan fingerprint density at radius 2 is 2.03 bits per heavy atom. The van der Waals surface area contributed by atoms with Crippen molar-refractivity contribution in [1.29, 1.82) is 0 Å². The van der Waals surface area contributed by atoms with Gasteiger partial charge in [0, 0.05) is 50.4 Å². The third-order valence-corrected chi connectivity index (χ3v) is 5.46. The third-order valence-electron chi connectivity index (χ3n) is 5.46. The molecule has 2 atom stereocenters. The van der Waals surface area contributed by atoms with E-state index in [1.165, 1.54) is 5.57 Å². The van der Waals surface area contributed by atoms with Crippen LogP contribution in [0.25, 0.3) is 11.1 Å². The number of amides is 1. The molecular weight excluding hydrogens is 378 g/mol. The summed E-state index contributed by atoms with van der Waals surface area (Å²) >= 11 is 0. The van der Waals surface area contributed by atoms with E-state index in [1.807, 2.05) is 38.3 Å². The monoisotopic (exact) mass is 415 g/mol. The maximum absolute atomic E-state index is 11.6. The molecule has 0 spiro atoms. The van der Waals surface area contributed by atoms with Crippen LogP contribution in [-0.4, -0.2) is 45.3 Å². The molecule has 30 heavy (non-hydrogen) atoms. The summed E-state index contributed by atoms with van der Waals surface area (Å²) in [4.78, 5) is 11.6. The number of aromatic nitrogens is 2. The number of hydrogen-bond acceptors (Lipinski definition) is 5. The van der Waals surface area contributed by atoms with E-state index in [-0.39, 0.29) is 24.9 Å². The highest BCUT2D eigenvalue weighted by atomic mass is 16.5. The average Bonchev–Trinajstić information content (AvgIpc) is 3.41. The lowest BCUT2D eigenvalue weighted by molar-refractivity contribution is -0.119. The summed E-state index contributed by atoms with van der Waals surface area (Å²) in [5.74, 6) is 1.09. The van der Waals surface area contributed by atoms with Crippen molar-refractivity contribution in [2.24, 2.45) is 5.92 Å². The molecule has 2 aromatic heterocycles. The fourth-order valence-electron chi connectivity index (χ4n) is 3.73. The highest BCUT2D eigenvalue weighted by molar-refractivity contribution is 5.78. The van der Waals surface area contributed by atoms with E-state index >= 15 is 0 Å². The standard InChI is InChI=1S/C21H29N5O2.C2H6.H2/c1-13-6-18-19(28-14(2)15-8-20(27)22-9-15)7-16(11-25(18)24-13)17-10-23-26(12-17)21(3,4)5;1-2;/h6-7,11-12,14-15,23H,8-10H2,1-5H3,(H,22,27);1-2H3;1H/t14-,15-;;/m1../s1. The molecule has 4 rings (SSSR count). The molecule has 2 aliphatic rings. The molecule has 0 aliphatic carbocycles. The van der Waals surface area contributed by atoms with E-state index in [9.17, 15) is 4.79 Å². The number of pyridine rings is 1. The van der Waals surface area contributed by atoms with E-state index in [0.29, 0.717) is 13.0 Å². The Morgan fingerprint density at radius 3 is 2.63 bits per heavy atom. The maximum atomic E-state index is 11.6. The lowest BCUT2D eigenvalue weighted by Crippen LogP contribution is -2.43. The number of nitrogens with zero attached hydrogens (tertiary/aromatic N) is 3. The minimum atomic E-state index is -0.0602. The molecule has 7 nitrogen and oxygen atoms in total. The van der Waals surface area contributed by atoms with E-state index in [4.69, 9.17) is 4.74 Å². The van der Waals surface area contributed by atoms with Gasteiger partial charge in [-0.15, -0.1) is 0 Å². The fourth-order valence-corrected chi connectivity index (χ4v) is 3.73. The number of nitrogens with one attached hydrogen (secondary N) is 2. The Balaban J connectivity index is 0.00000111. The normalized spacial score (nSPS) is 20.0. The molecule has 1 fully saturated rings. The topological polar surface area (TPSA) is 70.9 Å². The number of fused-ring (bicyclic) bond motifs is 1. The Morgan fingerprint density at radius 1 is 1.30 bits per heavy atom. The van der Waals surface area contributed by atoms with Crippen LogP contribution >= 0.6 is 0 Å². The number of ether oxygens (including phenoxy) is 1. The van der Waals surface area contributed by atoms with Crippen molar-refractivity contribution in [2.75, 3.05) is 13.1 Å². The van der Waals surface area contributed by atoms with Crippen LogP contribution in [0.1, 0.15) is 60.6 Å². The third kappa shape index (κ3) is 4.61. The zero-order valence-corrected chi connectivity index (χ0v) is 19.2. The first-order chi connectivity index (χ1) is 14.2. The van der Waals surface area contributed by atoms with Crippen molar-refractivity contribution >= 4 is 17.0 Å². The highest BCUT2D eigenvalue weighted by Gasteiger charge is 2.29. The van der Waals surface area contributed by atoms with Crippen LogP contribution in [0, 0.1) is 12.8 Å². The SMILES string of the molecule is CC.Cc1cc2c(O[C@H](C)[C@H]3CNC(=O)C3)cc(C3=CN(C(C)(C)C)NC3)cn2n1.[HH]. The van der Waals surface area contributed by atoms with Crippen LogP contribution in [-0.2, 0) is 4.79 Å². The van der Waals surface area contributed by atoms with Gasteiger partial charge in [0.25, 0.3) is 0 Å². The molecule has 0 unspecified atom stereocenters. The summed E-state index contributed by atoms with van der Waals surface area (Å²) in [6.45, 7) is 16.0. The second-order valence-electron chi connectivity index (χ2n) is 8.83. The number of rotatable bonds is 4. The molecule has 1 amide bonds. The minimum Gasteiger partial charge on any atom is -0.488 e. The van der Waals surface area contributed by atoms with E-state index in [1.54, 1.807) is 0 Å². The van der Waals surface area contributed by atoms with Crippen LogP contribution in [0.2, 0.25) is 0 Å². The average molecular weight is 416 g/mol. The van der Waals surface area contributed by atoms with Crippen molar-refractivity contribution in [3.63, 3.8) is 0 Å². The van der Waals surface area contributed by atoms with E-state index < -0.39 is 0 Å². The van der Waals surface area contributed by atoms with E-state index in [2.05, 4.69) is 60.1 Å². The molecule has 166 valence electrons. The van der Waals surface area contributed by atoms with Gasteiger partial charge < -0.3 is 15.1 Å². The number of carbonyl (C=O) groups excluding carboxylic acids is 1. The predicted octanol–water partition coefficient (Wildman–Crippen LogP) is 3.78. The Labute approximate surface area is 180 Å². The van der Waals surface area contributed by atoms with Crippen LogP contribution in [0.3, 0.4) is 0 Å². The van der Waals surface area contributed by atoms with Crippen molar-refractivity contribution in [2.45, 2.75) is 66.5 Å². The molecule has 0 saturated carbocycles. The lowest BCUT2D eigenvalue weighted by Gasteiger charge is -2.31. The first-order valence-corrected chi connectivity index (χ1v) is 10.9. The second-order valence-corrected chi connectivity index (χ2v) is 8.83. The van der Waals surface area contributed by atoms with Crippen LogP contribution in [0.4, 0.5) is 0 Å². The number of hydrogen-bond donors (Lipinski definition) is 2. The van der Waals surface area contributed by atoms with Crippen molar-refractivity contribution < 1.29 is 11.0 Å². The lowest BCUT2D eigenvalue weighted by atomic mass is 10.0. The number of hydrazine groups is 1. The predicted molar refractivity (Wildman–Crippen MR) is 122 cm³/mol. The largest absolute Gasteiger partial charge is 0.488 e. The fraction of sp³-hybridized carbons (Fsp3) is 0.565. The van der Waals surface area contributed by atoms with Gasteiger partial charge in [0.1, 0.15) is 17.4 Å². The van der Waals surface area contributed by atoms with Crippen molar-refractivity contribution in [3.8, 4) is 5.75 Å². The summed E-state index contributed by atoms with van der Waals surface area (Å²) in [6.07, 6.45) is 4.67. The summed E-state index contributed by atoms with van der Waals surface area (Å²) in [5.41, 5.74) is 7.61. The van der Waals surface area contributed by atoms with Gasteiger partial charge in [-0.05, 0) is 52.3 Å². The molecule has 0 radical (unpaired) electrons. The first kappa shape index (κ1) is 22.2. The minimum absolute atomic E-state index is 0. The molecule has 4 heterocycles. The Bertz CT molecular complexity index is 947. The van der Waals surface area contributed by atoms with Gasteiger partial charge in [-0.25, -0.2) is 9.94 Å². The van der Waals surface area contributed by atoms with Crippen LogP contribution in [0.15, 0.2) is 24.5 Å². The molecule has 0 bridgehead atoms. The zero-order valence-electron chi connectivity index (χ0n) is 19.2. The molecular formula is C23H37N5O2. The van der Waals surface area contributed by atoms with Gasteiger partial charge in [-0.2, -0.15) is 5.10 Å². The quantitative estimate of drug-likeness (QED) is 0.795. The summed E-state index contributed by atoms with van der Waals surface area (Å²) in [6, 6.07) is 4.13.